The molecule has 0 aliphatic carbocycles. The first kappa shape index (κ1) is 36.0. The molecule has 298 valence electrons. The minimum Gasteiger partial charge on any atom is -0.456 e. The Morgan fingerprint density at radius 2 is 0.922 bits per heavy atom. The fraction of sp³-hybridized carbons (Fsp3) is 0. The summed E-state index contributed by atoms with van der Waals surface area (Å²) < 4.78 is 9.12. The zero-order valence-corrected chi connectivity index (χ0v) is 34.5. The molecule has 5 heteroatoms. The van der Waals surface area contributed by atoms with Crippen LogP contribution in [0.1, 0.15) is 0 Å². The molecule has 0 bridgehead atoms. The second-order valence-electron chi connectivity index (χ2n) is 16.3. The Labute approximate surface area is 368 Å². The summed E-state index contributed by atoms with van der Waals surface area (Å²) in [6.07, 6.45) is 0. The quantitative estimate of drug-likeness (QED) is 0.168. The molecule has 0 aliphatic heterocycles. The molecule has 3 aromatic heterocycles. The van der Waals surface area contributed by atoms with Gasteiger partial charge in [0.15, 0.2) is 17.5 Å². The summed E-state index contributed by atoms with van der Waals surface area (Å²) >= 11 is 0. The first-order chi connectivity index (χ1) is 31.7. The Kier molecular flexibility index (Phi) is 8.15. The minimum atomic E-state index is 0.586. The van der Waals surface area contributed by atoms with E-state index in [-0.39, 0.29) is 0 Å². The highest BCUT2D eigenvalue weighted by Crippen LogP contribution is 2.45. The first-order valence-corrected chi connectivity index (χ1v) is 21.6. The average molecular weight is 817 g/mol. The highest BCUT2D eigenvalue weighted by Gasteiger charge is 2.23. The van der Waals surface area contributed by atoms with Gasteiger partial charge in [-0.15, -0.1) is 0 Å². The Bertz CT molecular complexity index is 3960. The van der Waals surface area contributed by atoms with Crippen molar-refractivity contribution in [2.45, 2.75) is 0 Å². The van der Waals surface area contributed by atoms with Crippen molar-refractivity contribution in [2.24, 2.45) is 0 Å². The lowest BCUT2D eigenvalue weighted by Gasteiger charge is -2.17. The van der Waals surface area contributed by atoms with Crippen LogP contribution in [0.3, 0.4) is 0 Å². The number of benzene rings is 10. The maximum absolute atomic E-state index is 6.69. The van der Waals surface area contributed by atoms with Crippen molar-refractivity contribution in [2.75, 3.05) is 0 Å². The minimum absolute atomic E-state index is 0.586. The number of rotatable bonds is 6. The molecular formula is C59H36N4O. The van der Waals surface area contributed by atoms with Crippen LogP contribution in [0.2, 0.25) is 0 Å². The topological polar surface area (TPSA) is 56.7 Å². The van der Waals surface area contributed by atoms with Crippen LogP contribution in [-0.2, 0) is 0 Å². The van der Waals surface area contributed by atoms with Gasteiger partial charge < -0.3 is 8.98 Å². The van der Waals surface area contributed by atoms with E-state index < -0.39 is 0 Å². The van der Waals surface area contributed by atoms with Crippen LogP contribution >= 0.6 is 0 Å². The molecule has 0 unspecified atom stereocenters. The molecule has 0 amide bonds. The van der Waals surface area contributed by atoms with Gasteiger partial charge in [-0.2, -0.15) is 0 Å². The third-order valence-corrected chi connectivity index (χ3v) is 12.6. The third kappa shape index (κ3) is 5.75. The van der Waals surface area contributed by atoms with Gasteiger partial charge in [-0.05, 0) is 86.8 Å². The van der Waals surface area contributed by atoms with E-state index in [0.29, 0.717) is 17.5 Å². The van der Waals surface area contributed by atoms with E-state index in [9.17, 15) is 0 Å². The molecular weight excluding hydrogens is 781 g/mol. The number of aromatic nitrogens is 4. The number of para-hydroxylation sites is 1. The van der Waals surface area contributed by atoms with Crippen molar-refractivity contribution in [1.82, 2.24) is 19.5 Å². The van der Waals surface area contributed by atoms with Crippen molar-refractivity contribution >= 4 is 65.3 Å². The molecule has 64 heavy (non-hydrogen) atoms. The number of fused-ring (bicyclic) bond motifs is 9. The molecule has 13 rings (SSSR count). The second-order valence-corrected chi connectivity index (χ2v) is 16.3. The molecule has 0 N–H and O–H groups in total. The number of hydrogen-bond acceptors (Lipinski definition) is 4. The van der Waals surface area contributed by atoms with Gasteiger partial charge in [0.1, 0.15) is 11.2 Å². The monoisotopic (exact) mass is 816 g/mol. The lowest BCUT2D eigenvalue weighted by Crippen LogP contribution is -2.02. The van der Waals surface area contributed by atoms with Crippen LogP contribution in [0.5, 0.6) is 0 Å². The molecule has 0 fully saturated rings. The lowest BCUT2D eigenvalue weighted by molar-refractivity contribution is 0.669. The number of nitrogens with zero attached hydrogens (tertiary/aromatic N) is 4. The SMILES string of the molecule is c1ccc(-c2nc(-c3ccc(-n4c5ccccc5c5cc6ccccc6cc54)c(-c4cccc5oc6ccc7ccccc7c6c45)c3)nc(-c3ccccc3-c3ccccc3)n2)cc1. The summed E-state index contributed by atoms with van der Waals surface area (Å²) in [5.74, 6) is 1.80. The van der Waals surface area contributed by atoms with Gasteiger partial charge in [-0.3, -0.25) is 0 Å². The van der Waals surface area contributed by atoms with Crippen molar-refractivity contribution in [3.05, 3.63) is 218 Å². The highest BCUT2D eigenvalue weighted by atomic mass is 16.3. The maximum atomic E-state index is 6.69. The zero-order valence-electron chi connectivity index (χ0n) is 34.5. The maximum Gasteiger partial charge on any atom is 0.164 e. The fourth-order valence-corrected chi connectivity index (χ4v) is 9.70. The molecule has 0 saturated heterocycles. The number of hydrogen-bond donors (Lipinski definition) is 0. The Morgan fingerprint density at radius 1 is 0.312 bits per heavy atom. The van der Waals surface area contributed by atoms with E-state index in [2.05, 4.69) is 199 Å². The molecule has 0 spiro atoms. The molecule has 5 nitrogen and oxygen atoms in total. The standard InChI is InChI=1S/C59H36N4O/c1-3-16-37(17-4-1)43-23-11-12-26-47(43)59-61-57(39-19-5-2-6-20-39)60-58(62-59)42-30-32-51(63-50-28-14-13-25-45(50)48-34-40-21-7-8-22-41(40)36-52(48)63)49(35-42)46-27-15-29-53-56(46)55-44-24-10-9-18-38(44)31-33-54(55)64-53/h1-36H. The van der Waals surface area contributed by atoms with Gasteiger partial charge in [-0.25, -0.2) is 15.0 Å². The zero-order chi connectivity index (χ0) is 42.1. The average Bonchev–Trinajstić information content (AvgIpc) is 3.92. The van der Waals surface area contributed by atoms with Gasteiger partial charge >= 0.3 is 0 Å². The summed E-state index contributed by atoms with van der Waals surface area (Å²) in [6.45, 7) is 0. The Hall–Kier alpha value is -8.67. The van der Waals surface area contributed by atoms with Gasteiger partial charge in [0.2, 0.25) is 0 Å². The van der Waals surface area contributed by atoms with Crippen LogP contribution in [0.15, 0.2) is 223 Å². The van der Waals surface area contributed by atoms with Crippen LogP contribution in [0, 0.1) is 0 Å². The second kappa shape index (κ2) is 14.5. The lowest BCUT2D eigenvalue weighted by atomic mass is 9.94. The predicted octanol–water partition coefficient (Wildman–Crippen LogP) is 15.5. The predicted molar refractivity (Wildman–Crippen MR) is 264 cm³/mol. The van der Waals surface area contributed by atoms with Crippen molar-refractivity contribution in [3.63, 3.8) is 0 Å². The van der Waals surface area contributed by atoms with Gasteiger partial charge in [-0.1, -0.05) is 170 Å². The molecule has 3 heterocycles. The molecule has 0 aliphatic rings. The van der Waals surface area contributed by atoms with Crippen molar-refractivity contribution in [1.29, 1.82) is 0 Å². The van der Waals surface area contributed by atoms with E-state index in [1.807, 2.05) is 24.3 Å². The van der Waals surface area contributed by atoms with Crippen LogP contribution in [0.4, 0.5) is 0 Å². The smallest absolute Gasteiger partial charge is 0.164 e. The largest absolute Gasteiger partial charge is 0.456 e. The van der Waals surface area contributed by atoms with Crippen LogP contribution in [0.25, 0.3) is 127 Å². The van der Waals surface area contributed by atoms with Crippen molar-refractivity contribution < 1.29 is 4.42 Å². The summed E-state index contributed by atoms with van der Waals surface area (Å²) in [4.78, 5) is 15.8. The van der Waals surface area contributed by atoms with Gasteiger partial charge in [0.05, 0.1) is 16.7 Å². The first-order valence-electron chi connectivity index (χ1n) is 21.6. The van der Waals surface area contributed by atoms with Crippen molar-refractivity contribution in [3.8, 4) is 62.1 Å². The molecule has 0 atom stereocenters. The molecule has 10 aromatic carbocycles. The molecule has 0 radical (unpaired) electrons. The van der Waals surface area contributed by atoms with Gasteiger partial charge in [0, 0.05) is 43.8 Å². The fourth-order valence-electron chi connectivity index (χ4n) is 9.70. The third-order valence-electron chi connectivity index (χ3n) is 12.6. The van der Waals surface area contributed by atoms with E-state index in [0.717, 1.165) is 88.4 Å². The van der Waals surface area contributed by atoms with E-state index in [4.69, 9.17) is 19.4 Å². The Morgan fingerprint density at radius 3 is 1.73 bits per heavy atom. The molecule has 13 aromatic rings. The van der Waals surface area contributed by atoms with Crippen LogP contribution < -0.4 is 0 Å². The van der Waals surface area contributed by atoms with Gasteiger partial charge in [0.25, 0.3) is 0 Å². The normalized spacial score (nSPS) is 11.8. The molecule has 0 saturated carbocycles. The van der Waals surface area contributed by atoms with E-state index in [1.165, 1.54) is 21.5 Å². The summed E-state index contributed by atoms with van der Waals surface area (Å²) in [6, 6.07) is 76.9. The summed E-state index contributed by atoms with van der Waals surface area (Å²) in [5.41, 5.74) is 12.0. The highest BCUT2D eigenvalue weighted by molar-refractivity contribution is 6.23. The number of furan rings is 1. The van der Waals surface area contributed by atoms with E-state index >= 15 is 0 Å². The van der Waals surface area contributed by atoms with E-state index in [1.54, 1.807) is 0 Å². The summed E-state index contributed by atoms with van der Waals surface area (Å²) in [7, 11) is 0. The Balaban J connectivity index is 1.13. The summed E-state index contributed by atoms with van der Waals surface area (Å²) in [5, 5.41) is 9.28. The van der Waals surface area contributed by atoms with Crippen LogP contribution in [-0.4, -0.2) is 19.5 Å².